The minimum atomic E-state index is 0.504. The van der Waals surface area contributed by atoms with Crippen molar-refractivity contribution in [2.75, 3.05) is 0 Å². The minimum Gasteiger partial charge on any atom is -0.362 e. The van der Waals surface area contributed by atoms with Crippen molar-refractivity contribution >= 4 is 0 Å². The summed E-state index contributed by atoms with van der Waals surface area (Å²) >= 11 is 0. The molecule has 0 saturated carbocycles. The summed E-state index contributed by atoms with van der Waals surface area (Å²) in [5.74, 6) is 1.01. The van der Waals surface area contributed by atoms with Gasteiger partial charge in [-0.05, 0) is 111 Å². The molecule has 4 heteroatoms. The first-order valence-electron chi connectivity index (χ1n) is 15.1. The maximum Gasteiger partial charge on any atom is 0.0284 e. The number of fused-ring (bicyclic) bond motifs is 1. The topological polar surface area (TPSA) is 63.2 Å². The molecule has 3 aliphatic carbocycles. The van der Waals surface area contributed by atoms with Crippen molar-refractivity contribution in [1.29, 1.82) is 0 Å². The van der Waals surface area contributed by atoms with Crippen molar-refractivity contribution in [1.82, 2.24) is 19.9 Å². The molecule has 2 atom stereocenters. The lowest BCUT2D eigenvalue weighted by Crippen LogP contribution is -2.25. The zero-order valence-corrected chi connectivity index (χ0v) is 24.8. The van der Waals surface area contributed by atoms with Crippen molar-refractivity contribution in [2.24, 2.45) is 0 Å². The van der Waals surface area contributed by atoms with E-state index in [1.807, 2.05) is 0 Å². The smallest absolute Gasteiger partial charge is 0.0284 e. The second kappa shape index (κ2) is 9.39. The van der Waals surface area contributed by atoms with Crippen molar-refractivity contribution in [3.05, 3.63) is 90.1 Å². The van der Waals surface area contributed by atoms with Gasteiger partial charge < -0.3 is 19.9 Å². The molecule has 0 spiro atoms. The molecule has 38 heavy (non-hydrogen) atoms. The molecular weight excluding hydrogens is 464 g/mol. The Kier molecular flexibility index (Phi) is 6.28. The van der Waals surface area contributed by atoms with Crippen LogP contribution in [0.25, 0.3) is 0 Å². The van der Waals surface area contributed by atoms with Crippen LogP contribution in [0.2, 0.25) is 0 Å². The Morgan fingerprint density at radius 3 is 1.13 bits per heavy atom. The molecule has 4 N–H and O–H groups in total. The van der Waals surface area contributed by atoms with Crippen LogP contribution < -0.4 is 0 Å². The van der Waals surface area contributed by atoms with E-state index < -0.39 is 0 Å². The highest BCUT2D eigenvalue weighted by molar-refractivity contribution is 5.63. The van der Waals surface area contributed by atoms with E-state index in [-0.39, 0.29) is 0 Å². The molecule has 0 aliphatic heterocycles. The normalized spacial score (nSPS) is 17.9. The van der Waals surface area contributed by atoms with Gasteiger partial charge in [0.15, 0.2) is 0 Å². The maximum atomic E-state index is 3.92. The molecule has 0 radical (unpaired) electrons. The van der Waals surface area contributed by atoms with Crippen molar-refractivity contribution in [2.45, 2.75) is 119 Å². The van der Waals surface area contributed by atoms with Crippen LogP contribution in [0.4, 0.5) is 0 Å². The molecule has 0 saturated heterocycles. The van der Waals surface area contributed by atoms with Gasteiger partial charge in [-0.2, -0.15) is 0 Å². The zero-order valence-electron chi connectivity index (χ0n) is 24.8. The molecule has 4 heterocycles. The number of aryl methyl sites for hydroxylation is 4. The van der Waals surface area contributed by atoms with Gasteiger partial charge in [-0.15, -0.1) is 0 Å². The van der Waals surface area contributed by atoms with Gasteiger partial charge in [0.05, 0.1) is 0 Å². The van der Waals surface area contributed by atoms with Crippen LogP contribution in [-0.4, -0.2) is 19.9 Å². The second-order valence-corrected chi connectivity index (χ2v) is 11.9. The minimum absolute atomic E-state index is 0.504. The lowest BCUT2D eigenvalue weighted by molar-refractivity contribution is 0.517. The van der Waals surface area contributed by atoms with E-state index in [1.165, 1.54) is 80.6 Å². The third-order valence-corrected chi connectivity index (χ3v) is 10.0. The van der Waals surface area contributed by atoms with Crippen LogP contribution >= 0.6 is 0 Å². The molecule has 0 unspecified atom stereocenters. The monoisotopic (exact) mass is 510 g/mol. The first kappa shape index (κ1) is 25.4. The molecule has 4 aromatic heterocycles. The third kappa shape index (κ3) is 3.55. The van der Waals surface area contributed by atoms with Gasteiger partial charge in [-0.3, -0.25) is 0 Å². The molecule has 4 nitrogen and oxygen atoms in total. The number of hydrogen-bond acceptors (Lipinski definition) is 0. The summed E-state index contributed by atoms with van der Waals surface area (Å²) < 4.78 is 0. The average molecular weight is 511 g/mol. The highest BCUT2D eigenvalue weighted by Gasteiger charge is 2.44. The number of aromatic nitrogens is 4. The number of rotatable bonds is 8. The molecule has 3 aliphatic rings. The van der Waals surface area contributed by atoms with E-state index >= 15 is 0 Å². The third-order valence-electron chi connectivity index (χ3n) is 10.0. The zero-order chi connectivity index (χ0) is 26.9. The predicted octanol–water partition coefficient (Wildman–Crippen LogP) is 8.03. The van der Waals surface area contributed by atoms with E-state index in [9.17, 15) is 0 Å². The molecule has 0 fully saturated rings. The number of H-pyrrole nitrogens is 4. The van der Waals surface area contributed by atoms with Crippen molar-refractivity contribution in [3.63, 3.8) is 0 Å². The Hall–Kier alpha value is -2.88. The van der Waals surface area contributed by atoms with Gasteiger partial charge in [-0.25, -0.2) is 0 Å². The molecule has 0 amide bonds. The summed E-state index contributed by atoms with van der Waals surface area (Å²) in [5.41, 5.74) is 23.7. The summed E-state index contributed by atoms with van der Waals surface area (Å²) in [6.45, 7) is 18.3. The molecule has 2 bridgehead atoms. The fourth-order valence-electron chi connectivity index (χ4n) is 8.66. The van der Waals surface area contributed by atoms with Crippen LogP contribution in [0, 0.1) is 27.7 Å². The van der Waals surface area contributed by atoms with Crippen molar-refractivity contribution in [3.8, 4) is 0 Å². The van der Waals surface area contributed by atoms with E-state index in [0.717, 1.165) is 38.5 Å². The summed E-state index contributed by atoms with van der Waals surface area (Å²) in [4.78, 5) is 15.4. The standard InChI is InChI=1S/C34H46N4/c1-9-21-17(5)35-27(23(21)11-3)15-29-33-25-13-14-26(31(33)19(7)37-29)34-30(38-20(8)32(25)34)16-28-24(12-4)22(10-2)18(6)36-28/h25-26,35-38H,9-16H2,1-8H3/t25-,26-/m0/s1. The molecule has 4 aromatic rings. The maximum absolute atomic E-state index is 3.92. The average Bonchev–Trinajstić information content (AvgIpc) is 3.61. The highest BCUT2D eigenvalue weighted by atomic mass is 14.8. The van der Waals surface area contributed by atoms with Gasteiger partial charge in [-0.1, -0.05) is 27.7 Å². The van der Waals surface area contributed by atoms with Gasteiger partial charge >= 0.3 is 0 Å². The van der Waals surface area contributed by atoms with Crippen LogP contribution in [-0.2, 0) is 38.5 Å². The number of aromatic amines is 4. The Labute approximate surface area is 228 Å². The lowest BCUT2D eigenvalue weighted by Gasteiger charge is -2.39. The molecule has 7 rings (SSSR count). The molecular formula is C34H46N4. The van der Waals surface area contributed by atoms with E-state index in [2.05, 4.69) is 75.3 Å². The molecule has 0 aromatic carbocycles. The Balaban J connectivity index is 1.41. The summed E-state index contributed by atoms with van der Waals surface area (Å²) in [6.07, 6.45) is 8.89. The first-order chi connectivity index (χ1) is 18.3. The van der Waals surface area contributed by atoms with Gasteiger partial charge in [0.1, 0.15) is 0 Å². The van der Waals surface area contributed by atoms with E-state index in [0.29, 0.717) is 11.8 Å². The van der Waals surface area contributed by atoms with E-state index in [4.69, 9.17) is 0 Å². The first-order valence-corrected chi connectivity index (χ1v) is 15.1. The van der Waals surface area contributed by atoms with Gasteiger partial charge in [0.25, 0.3) is 0 Å². The second-order valence-electron chi connectivity index (χ2n) is 11.9. The van der Waals surface area contributed by atoms with Crippen LogP contribution in [0.15, 0.2) is 0 Å². The largest absolute Gasteiger partial charge is 0.362 e. The van der Waals surface area contributed by atoms with Gasteiger partial charge in [0, 0.05) is 70.2 Å². The van der Waals surface area contributed by atoms with Crippen LogP contribution in [0.3, 0.4) is 0 Å². The Bertz CT molecular complexity index is 1400. The fraction of sp³-hybridized carbons (Fsp3) is 0.529. The van der Waals surface area contributed by atoms with Crippen molar-refractivity contribution < 1.29 is 0 Å². The van der Waals surface area contributed by atoms with Crippen LogP contribution in [0.5, 0.6) is 0 Å². The Morgan fingerprint density at radius 2 is 0.789 bits per heavy atom. The predicted molar refractivity (Wildman–Crippen MR) is 158 cm³/mol. The number of nitrogens with one attached hydrogen (secondary N) is 4. The SMILES string of the molecule is CCc1c(C)[nH]c(Cc2[nH]c(C)c3c2[C@H]2CC[C@@H]3c3c(Cc4[nH]c(C)c(CC)c4CC)[nH]c(C)c32)c1CC. The Morgan fingerprint density at radius 1 is 0.447 bits per heavy atom. The quantitative estimate of drug-likeness (QED) is 0.185. The summed E-state index contributed by atoms with van der Waals surface area (Å²) in [7, 11) is 0. The fourth-order valence-corrected chi connectivity index (χ4v) is 8.66. The summed E-state index contributed by atoms with van der Waals surface area (Å²) in [5, 5.41) is 0. The summed E-state index contributed by atoms with van der Waals surface area (Å²) in [6, 6.07) is 0. The van der Waals surface area contributed by atoms with Crippen LogP contribution in [0.1, 0.15) is 142 Å². The van der Waals surface area contributed by atoms with E-state index in [1.54, 1.807) is 22.3 Å². The highest BCUT2D eigenvalue weighted by Crippen LogP contribution is 2.57. The number of hydrogen-bond donors (Lipinski definition) is 4. The molecule has 202 valence electrons. The van der Waals surface area contributed by atoms with Gasteiger partial charge in [0.2, 0.25) is 0 Å². The lowest BCUT2D eigenvalue weighted by atomic mass is 9.63.